The standard InChI is InChI=1S/C14H18O/c1-11-5-7-12(8-6-11)14(2)9-3-4-13(14)10-15/h5-8,10,13H,3-4,9H2,1-2H3/t13?,14-/m1/s1. The van der Waals surface area contributed by atoms with E-state index in [1.54, 1.807) is 0 Å². The van der Waals surface area contributed by atoms with E-state index < -0.39 is 0 Å². The average Bonchev–Trinajstić information content (AvgIpc) is 2.61. The summed E-state index contributed by atoms with van der Waals surface area (Å²) in [7, 11) is 0. The number of rotatable bonds is 2. The molecule has 1 aromatic carbocycles. The predicted molar refractivity (Wildman–Crippen MR) is 61.9 cm³/mol. The number of hydrogen-bond acceptors (Lipinski definition) is 1. The first-order valence-electron chi connectivity index (χ1n) is 5.69. The van der Waals surface area contributed by atoms with Gasteiger partial charge in [0.25, 0.3) is 0 Å². The van der Waals surface area contributed by atoms with Gasteiger partial charge >= 0.3 is 0 Å². The van der Waals surface area contributed by atoms with Crippen molar-refractivity contribution in [2.24, 2.45) is 5.92 Å². The van der Waals surface area contributed by atoms with Crippen molar-refractivity contribution < 1.29 is 4.79 Å². The van der Waals surface area contributed by atoms with E-state index in [0.717, 1.165) is 19.1 Å². The van der Waals surface area contributed by atoms with Crippen LogP contribution in [0.2, 0.25) is 0 Å². The third kappa shape index (κ3) is 1.71. The normalized spacial score (nSPS) is 30.4. The van der Waals surface area contributed by atoms with E-state index in [9.17, 15) is 4.79 Å². The van der Waals surface area contributed by atoms with E-state index in [-0.39, 0.29) is 11.3 Å². The third-order valence-corrected chi connectivity index (χ3v) is 3.90. The fraction of sp³-hybridized carbons (Fsp3) is 0.500. The van der Waals surface area contributed by atoms with Gasteiger partial charge in [0.05, 0.1) is 0 Å². The zero-order valence-electron chi connectivity index (χ0n) is 9.49. The number of carbonyl (C=O) groups excluding carboxylic acids is 1. The summed E-state index contributed by atoms with van der Waals surface area (Å²) in [5, 5.41) is 0. The van der Waals surface area contributed by atoms with Crippen molar-refractivity contribution in [1.29, 1.82) is 0 Å². The molecule has 1 aromatic rings. The van der Waals surface area contributed by atoms with E-state index in [4.69, 9.17) is 0 Å². The Kier molecular flexibility index (Phi) is 2.64. The van der Waals surface area contributed by atoms with Crippen LogP contribution in [0.25, 0.3) is 0 Å². The van der Waals surface area contributed by atoms with Crippen LogP contribution in [0.4, 0.5) is 0 Å². The van der Waals surface area contributed by atoms with Crippen molar-refractivity contribution in [3.05, 3.63) is 35.4 Å². The Labute approximate surface area is 91.5 Å². The molecule has 0 saturated heterocycles. The molecule has 0 radical (unpaired) electrons. The van der Waals surface area contributed by atoms with Gasteiger partial charge < -0.3 is 4.79 Å². The minimum absolute atomic E-state index is 0.0788. The first kappa shape index (κ1) is 10.4. The molecule has 15 heavy (non-hydrogen) atoms. The second-order valence-electron chi connectivity index (χ2n) is 4.92. The van der Waals surface area contributed by atoms with Gasteiger partial charge in [0, 0.05) is 11.3 Å². The molecule has 1 saturated carbocycles. The minimum Gasteiger partial charge on any atom is -0.303 e. The summed E-state index contributed by atoms with van der Waals surface area (Å²) < 4.78 is 0. The largest absolute Gasteiger partial charge is 0.303 e. The van der Waals surface area contributed by atoms with Crippen molar-refractivity contribution in [3.8, 4) is 0 Å². The topological polar surface area (TPSA) is 17.1 Å². The van der Waals surface area contributed by atoms with Crippen LogP contribution in [-0.2, 0) is 10.2 Å². The number of carbonyl (C=O) groups is 1. The van der Waals surface area contributed by atoms with Gasteiger partial charge in [0.15, 0.2) is 0 Å². The number of hydrogen-bond donors (Lipinski definition) is 0. The van der Waals surface area contributed by atoms with Gasteiger partial charge in [-0.05, 0) is 25.3 Å². The molecule has 0 heterocycles. The van der Waals surface area contributed by atoms with Gasteiger partial charge in [0.1, 0.15) is 6.29 Å². The maximum atomic E-state index is 11.1. The molecule has 1 aliphatic rings. The predicted octanol–water partition coefficient (Wildman–Crippen LogP) is 3.25. The summed E-state index contributed by atoms with van der Waals surface area (Å²) >= 11 is 0. The van der Waals surface area contributed by atoms with Crippen molar-refractivity contribution in [3.63, 3.8) is 0 Å². The minimum atomic E-state index is 0.0788. The van der Waals surface area contributed by atoms with E-state index >= 15 is 0 Å². The van der Waals surface area contributed by atoms with Gasteiger partial charge in [-0.1, -0.05) is 43.2 Å². The molecule has 1 aliphatic carbocycles. The van der Waals surface area contributed by atoms with Crippen LogP contribution < -0.4 is 0 Å². The van der Waals surface area contributed by atoms with Gasteiger partial charge in [-0.25, -0.2) is 0 Å². The lowest BCUT2D eigenvalue weighted by Gasteiger charge is -2.29. The molecule has 1 fully saturated rings. The molecule has 0 aromatic heterocycles. The first-order chi connectivity index (χ1) is 7.16. The molecular weight excluding hydrogens is 184 g/mol. The molecule has 0 bridgehead atoms. The Morgan fingerprint density at radius 3 is 2.60 bits per heavy atom. The van der Waals surface area contributed by atoms with Crippen molar-refractivity contribution in [2.45, 2.75) is 38.5 Å². The van der Waals surface area contributed by atoms with Gasteiger partial charge in [0.2, 0.25) is 0 Å². The summed E-state index contributed by atoms with van der Waals surface area (Å²) in [6.45, 7) is 4.32. The van der Waals surface area contributed by atoms with Crippen LogP contribution in [-0.4, -0.2) is 6.29 Å². The number of benzene rings is 1. The van der Waals surface area contributed by atoms with Gasteiger partial charge in [-0.15, -0.1) is 0 Å². The summed E-state index contributed by atoms with van der Waals surface area (Å²) in [6.07, 6.45) is 4.51. The second kappa shape index (κ2) is 3.80. The Hall–Kier alpha value is -1.11. The molecule has 1 heteroatoms. The number of aldehydes is 1. The molecular formula is C14H18O. The van der Waals surface area contributed by atoms with E-state index in [1.165, 1.54) is 17.5 Å². The summed E-state index contributed by atoms with van der Waals surface area (Å²) in [5.41, 5.74) is 2.68. The van der Waals surface area contributed by atoms with E-state index in [1.807, 2.05) is 0 Å². The summed E-state index contributed by atoms with van der Waals surface area (Å²) in [4.78, 5) is 11.1. The maximum Gasteiger partial charge on any atom is 0.123 e. The van der Waals surface area contributed by atoms with E-state index in [0.29, 0.717) is 0 Å². The molecule has 0 N–H and O–H groups in total. The van der Waals surface area contributed by atoms with Crippen LogP contribution in [0.1, 0.15) is 37.3 Å². The fourth-order valence-corrected chi connectivity index (χ4v) is 2.70. The van der Waals surface area contributed by atoms with Crippen molar-refractivity contribution >= 4 is 6.29 Å². The Morgan fingerprint density at radius 2 is 2.00 bits per heavy atom. The molecule has 2 rings (SSSR count). The summed E-state index contributed by atoms with van der Waals surface area (Å²) in [5.74, 6) is 0.209. The molecule has 1 nitrogen and oxygen atoms in total. The Morgan fingerprint density at radius 1 is 1.33 bits per heavy atom. The molecule has 0 amide bonds. The smallest absolute Gasteiger partial charge is 0.123 e. The molecule has 80 valence electrons. The summed E-state index contributed by atoms with van der Waals surface area (Å²) in [6, 6.07) is 8.63. The van der Waals surface area contributed by atoms with Gasteiger partial charge in [-0.3, -0.25) is 0 Å². The SMILES string of the molecule is Cc1ccc([C@@]2(C)CCCC2C=O)cc1. The molecule has 1 unspecified atom stereocenters. The third-order valence-electron chi connectivity index (χ3n) is 3.90. The first-order valence-corrected chi connectivity index (χ1v) is 5.69. The zero-order chi connectivity index (χ0) is 10.9. The molecule has 0 spiro atoms. The molecule has 0 aliphatic heterocycles. The van der Waals surface area contributed by atoms with E-state index in [2.05, 4.69) is 38.1 Å². The van der Waals surface area contributed by atoms with Crippen LogP contribution in [0.15, 0.2) is 24.3 Å². The van der Waals surface area contributed by atoms with Crippen LogP contribution in [0.3, 0.4) is 0 Å². The zero-order valence-corrected chi connectivity index (χ0v) is 9.49. The van der Waals surface area contributed by atoms with Crippen molar-refractivity contribution in [2.75, 3.05) is 0 Å². The van der Waals surface area contributed by atoms with Gasteiger partial charge in [-0.2, -0.15) is 0 Å². The lowest BCUT2D eigenvalue weighted by Crippen LogP contribution is -2.27. The lowest BCUT2D eigenvalue weighted by molar-refractivity contribution is -0.112. The molecule has 2 atom stereocenters. The highest BCUT2D eigenvalue weighted by Gasteiger charge is 2.39. The Balaban J connectivity index is 2.35. The number of aryl methyl sites for hydroxylation is 1. The van der Waals surface area contributed by atoms with Crippen LogP contribution in [0, 0.1) is 12.8 Å². The second-order valence-corrected chi connectivity index (χ2v) is 4.92. The highest BCUT2D eigenvalue weighted by atomic mass is 16.1. The maximum absolute atomic E-state index is 11.1. The lowest BCUT2D eigenvalue weighted by atomic mass is 9.74. The van der Waals surface area contributed by atoms with Crippen LogP contribution in [0.5, 0.6) is 0 Å². The fourth-order valence-electron chi connectivity index (χ4n) is 2.70. The highest BCUT2D eigenvalue weighted by molar-refractivity contribution is 5.58. The van der Waals surface area contributed by atoms with Crippen LogP contribution >= 0.6 is 0 Å². The average molecular weight is 202 g/mol. The Bertz CT molecular complexity index is 352. The van der Waals surface area contributed by atoms with Crippen molar-refractivity contribution in [1.82, 2.24) is 0 Å². The quantitative estimate of drug-likeness (QED) is 0.673. The monoisotopic (exact) mass is 202 g/mol. The highest BCUT2D eigenvalue weighted by Crippen LogP contribution is 2.44.